The van der Waals surface area contributed by atoms with E-state index in [1.807, 2.05) is 17.6 Å². The number of fused-ring (bicyclic) bond motifs is 1. The van der Waals surface area contributed by atoms with Gasteiger partial charge >= 0.3 is 0 Å². The molecule has 2 nitrogen and oxygen atoms in total. The summed E-state index contributed by atoms with van der Waals surface area (Å²) in [7, 11) is 0. The molecule has 0 aromatic carbocycles. The number of aromatic nitrogens is 1. The van der Waals surface area contributed by atoms with Crippen LogP contribution in [-0.2, 0) is 0 Å². The molecule has 2 atom stereocenters. The zero-order chi connectivity index (χ0) is 11.2. The molecule has 0 N–H and O–H groups in total. The molecule has 1 aliphatic rings. The summed E-state index contributed by atoms with van der Waals surface area (Å²) < 4.78 is 2.43. The Kier molecular flexibility index (Phi) is 3.20. The zero-order valence-corrected chi connectivity index (χ0v) is 11.6. The molecule has 1 aromatic heterocycles. The van der Waals surface area contributed by atoms with Crippen molar-refractivity contribution in [1.29, 1.82) is 0 Å². The summed E-state index contributed by atoms with van der Waals surface area (Å²) >= 11 is 11.1. The predicted octanol–water partition coefficient (Wildman–Crippen LogP) is 3.58. The quantitative estimate of drug-likeness (QED) is 0.740. The van der Waals surface area contributed by atoms with Crippen molar-refractivity contribution in [1.82, 2.24) is 4.57 Å². The van der Waals surface area contributed by atoms with Gasteiger partial charge in [0.2, 0.25) is 0 Å². The van der Waals surface area contributed by atoms with Gasteiger partial charge in [-0.05, 0) is 41.4 Å². The second-order valence-corrected chi connectivity index (χ2v) is 6.19. The lowest BCUT2D eigenvalue weighted by Gasteiger charge is -2.12. The van der Waals surface area contributed by atoms with Crippen molar-refractivity contribution in [3.63, 3.8) is 0 Å². The topological polar surface area (TPSA) is 22.0 Å². The van der Waals surface area contributed by atoms with E-state index < -0.39 is 0 Å². The van der Waals surface area contributed by atoms with Crippen LogP contribution in [0.2, 0.25) is 0 Å². The van der Waals surface area contributed by atoms with Crippen molar-refractivity contribution in [3.05, 3.63) is 26.5 Å². The van der Waals surface area contributed by atoms with E-state index >= 15 is 0 Å². The normalized spacial score (nSPS) is 21.5. The van der Waals surface area contributed by atoms with E-state index in [9.17, 15) is 4.79 Å². The van der Waals surface area contributed by atoms with Gasteiger partial charge in [0.25, 0.3) is 5.56 Å². The number of rotatable bonds is 1. The summed E-state index contributed by atoms with van der Waals surface area (Å²) in [5.74, 6) is 0.960. The lowest BCUT2D eigenvalue weighted by molar-refractivity contribution is 0.559. The minimum Gasteiger partial charge on any atom is -0.299 e. The summed E-state index contributed by atoms with van der Waals surface area (Å²) in [6, 6.07) is 2.28. The molecule has 1 aliphatic heterocycles. The highest BCUT2D eigenvalue weighted by Crippen LogP contribution is 2.35. The number of halogens is 2. The van der Waals surface area contributed by atoms with E-state index in [0.29, 0.717) is 4.47 Å². The smallest absolute Gasteiger partial charge is 0.266 e. The van der Waals surface area contributed by atoms with E-state index in [1.54, 1.807) is 11.8 Å². The van der Waals surface area contributed by atoms with E-state index in [-0.39, 0.29) is 17.0 Å². The Bertz CT molecular complexity index is 457. The van der Waals surface area contributed by atoms with Crippen LogP contribution in [0.3, 0.4) is 0 Å². The molecule has 2 heterocycles. The van der Waals surface area contributed by atoms with Crippen LogP contribution in [0.1, 0.15) is 30.8 Å². The van der Waals surface area contributed by atoms with Gasteiger partial charge in [-0.1, -0.05) is 0 Å². The van der Waals surface area contributed by atoms with Crippen molar-refractivity contribution in [2.45, 2.75) is 30.3 Å². The first-order valence-electron chi connectivity index (χ1n) is 4.74. The first kappa shape index (κ1) is 11.6. The highest BCUT2D eigenvalue weighted by Gasteiger charge is 2.24. The lowest BCUT2D eigenvalue weighted by atomic mass is 10.2. The molecule has 1 unspecified atom stereocenters. The zero-order valence-electron chi connectivity index (χ0n) is 8.46. The molecule has 5 heteroatoms. The number of hydrogen-bond acceptors (Lipinski definition) is 2. The molecule has 0 amide bonds. The first-order chi connectivity index (χ1) is 7.02. The minimum atomic E-state index is -0.144. The average Bonchev–Trinajstić information content (AvgIpc) is 2.53. The first-order valence-corrected chi connectivity index (χ1v) is 6.95. The van der Waals surface area contributed by atoms with Gasteiger partial charge in [-0.25, -0.2) is 0 Å². The molecule has 2 rings (SSSR count). The van der Waals surface area contributed by atoms with Crippen molar-refractivity contribution >= 4 is 39.3 Å². The Morgan fingerprint density at radius 1 is 1.73 bits per heavy atom. The van der Waals surface area contributed by atoms with Crippen molar-refractivity contribution in [2.24, 2.45) is 0 Å². The summed E-state index contributed by atoms with van der Waals surface area (Å²) in [6.07, 6.45) is 0. The third-order valence-electron chi connectivity index (χ3n) is 2.52. The molecular formula is C10H11BrClNOS. The van der Waals surface area contributed by atoms with Crippen LogP contribution in [0.25, 0.3) is 0 Å². The maximum atomic E-state index is 12.0. The SMILES string of the molecule is CC1CSc2cc([C@@H](C)Cl)c(Br)c(=O)n21. The van der Waals surface area contributed by atoms with Crippen LogP contribution in [0, 0.1) is 0 Å². The van der Waals surface area contributed by atoms with Gasteiger partial charge in [0, 0.05) is 11.8 Å². The summed E-state index contributed by atoms with van der Waals surface area (Å²) in [4.78, 5) is 12.0. The number of nitrogens with zero attached hydrogens (tertiary/aromatic N) is 1. The van der Waals surface area contributed by atoms with E-state index in [2.05, 4.69) is 22.9 Å². The lowest BCUT2D eigenvalue weighted by Crippen LogP contribution is -2.23. The number of hydrogen-bond donors (Lipinski definition) is 0. The second-order valence-electron chi connectivity index (χ2n) is 3.70. The molecule has 82 valence electrons. The second kappa shape index (κ2) is 4.15. The Balaban J connectivity index is 2.68. The van der Waals surface area contributed by atoms with Gasteiger partial charge in [0.1, 0.15) is 0 Å². The van der Waals surface area contributed by atoms with Gasteiger partial charge in [-0.2, -0.15) is 0 Å². The van der Waals surface area contributed by atoms with Crippen LogP contribution in [0.4, 0.5) is 0 Å². The average molecular weight is 309 g/mol. The van der Waals surface area contributed by atoms with Gasteiger partial charge in [-0.15, -0.1) is 23.4 Å². The maximum Gasteiger partial charge on any atom is 0.266 e. The van der Waals surface area contributed by atoms with E-state index in [1.165, 1.54) is 0 Å². The number of pyridine rings is 1. The monoisotopic (exact) mass is 307 g/mol. The number of thioether (sulfide) groups is 1. The van der Waals surface area contributed by atoms with Crippen LogP contribution in [-0.4, -0.2) is 10.3 Å². The van der Waals surface area contributed by atoms with Gasteiger partial charge in [0.15, 0.2) is 0 Å². The summed E-state index contributed by atoms with van der Waals surface area (Å²) in [6.45, 7) is 3.93. The number of alkyl halides is 1. The summed E-state index contributed by atoms with van der Waals surface area (Å²) in [5.41, 5.74) is 0.919. The largest absolute Gasteiger partial charge is 0.299 e. The maximum absolute atomic E-state index is 12.0. The predicted molar refractivity (Wildman–Crippen MR) is 68.1 cm³/mol. The van der Waals surface area contributed by atoms with Crippen molar-refractivity contribution in [3.8, 4) is 0 Å². The van der Waals surface area contributed by atoms with Gasteiger partial charge in [0.05, 0.1) is 14.9 Å². The Morgan fingerprint density at radius 3 is 3.00 bits per heavy atom. The third kappa shape index (κ3) is 1.87. The highest BCUT2D eigenvalue weighted by molar-refractivity contribution is 9.10. The minimum absolute atomic E-state index is 0.0347. The standard InChI is InChI=1S/C10H11BrClNOS/c1-5-4-15-8-3-7(6(2)12)9(11)10(14)13(5)8/h3,5-6H,4H2,1-2H3/t5?,6-/m1/s1. The molecule has 0 bridgehead atoms. The van der Waals surface area contributed by atoms with Crippen LogP contribution >= 0.6 is 39.3 Å². The highest BCUT2D eigenvalue weighted by atomic mass is 79.9. The molecule has 15 heavy (non-hydrogen) atoms. The van der Waals surface area contributed by atoms with Crippen LogP contribution in [0.5, 0.6) is 0 Å². The van der Waals surface area contributed by atoms with Crippen molar-refractivity contribution in [2.75, 3.05) is 5.75 Å². The molecule has 0 saturated heterocycles. The fraction of sp³-hybridized carbons (Fsp3) is 0.500. The fourth-order valence-corrected chi connectivity index (χ4v) is 3.82. The molecule has 0 saturated carbocycles. The summed E-state index contributed by atoms with van der Waals surface area (Å²) in [5, 5.41) is 0.882. The van der Waals surface area contributed by atoms with Crippen LogP contribution < -0.4 is 5.56 Å². The van der Waals surface area contributed by atoms with Gasteiger partial charge < -0.3 is 0 Å². The Hall–Kier alpha value is 0.0700. The molecule has 0 spiro atoms. The van der Waals surface area contributed by atoms with Crippen molar-refractivity contribution < 1.29 is 0 Å². The van der Waals surface area contributed by atoms with E-state index in [4.69, 9.17) is 11.6 Å². The fourth-order valence-electron chi connectivity index (χ4n) is 1.69. The molecular weight excluding hydrogens is 298 g/mol. The molecule has 0 aliphatic carbocycles. The molecule has 1 aromatic rings. The van der Waals surface area contributed by atoms with Gasteiger partial charge in [-0.3, -0.25) is 9.36 Å². The molecule has 0 fully saturated rings. The Labute approximate surface area is 106 Å². The Morgan fingerprint density at radius 2 is 2.40 bits per heavy atom. The molecule has 0 radical (unpaired) electrons. The third-order valence-corrected chi connectivity index (χ3v) is 4.81. The van der Waals surface area contributed by atoms with E-state index in [0.717, 1.165) is 16.3 Å². The van der Waals surface area contributed by atoms with Crippen LogP contribution in [0.15, 0.2) is 20.4 Å².